The molecule has 2 N–H and O–H groups in total. The lowest BCUT2D eigenvalue weighted by Gasteiger charge is -2.27. The number of nitrogens with zero attached hydrogens (tertiary/aromatic N) is 1. The number of amides is 2. The molecule has 0 saturated carbocycles. The minimum absolute atomic E-state index is 0.0510. The zero-order valence-corrected chi connectivity index (χ0v) is 17.4. The highest BCUT2D eigenvalue weighted by Crippen LogP contribution is 2.38. The van der Waals surface area contributed by atoms with Gasteiger partial charge < -0.3 is 15.4 Å². The van der Waals surface area contributed by atoms with Crippen molar-refractivity contribution in [3.63, 3.8) is 0 Å². The van der Waals surface area contributed by atoms with Crippen LogP contribution in [0.4, 0.5) is 0 Å². The van der Waals surface area contributed by atoms with Crippen molar-refractivity contribution in [2.24, 2.45) is 11.1 Å². The van der Waals surface area contributed by atoms with Crippen LogP contribution in [0.1, 0.15) is 12.0 Å². The maximum Gasteiger partial charge on any atom is 0.260 e. The van der Waals surface area contributed by atoms with Gasteiger partial charge in [0.1, 0.15) is 5.75 Å². The molecule has 4 rings (SSSR count). The van der Waals surface area contributed by atoms with Gasteiger partial charge in [-0.05, 0) is 47.5 Å². The summed E-state index contributed by atoms with van der Waals surface area (Å²) in [7, 11) is 0. The highest BCUT2D eigenvalue weighted by Gasteiger charge is 2.45. The summed E-state index contributed by atoms with van der Waals surface area (Å²) in [4.78, 5) is 28.1. The lowest BCUT2D eigenvalue weighted by Crippen LogP contribution is -2.43. The summed E-state index contributed by atoms with van der Waals surface area (Å²) >= 11 is 1.67. The van der Waals surface area contributed by atoms with Gasteiger partial charge in [-0.25, -0.2) is 0 Å². The summed E-state index contributed by atoms with van der Waals surface area (Å²) in [5.74, 6) is 0.160. The number of carbonyl (C=O) groups excluding carboxylic acids is 2. The van der Waals surface area contributed by atoms with Gasteiger partial charge in [0.2, 0.25) is 5.91 Å². The van der Waals surface area contributed by atoms with E-state index in [0.717, 1.165) is 16.0 Å². The van der Waals surface area contributed by atoms with Gasteiger partial charge in [-0.1, -0.05) is 48.5 Å². The lowest BCUT2D eigenvalue weighted by molar-refractivity contribution is -0.133. The third kappa shape index (κ3) is 4.24. The predicted octanol–water partition coefficient (Wildman–Crippen LogP) is 3.74. The highest BCUT2D eigenvalue weighted by atomic mass is 32.1. The average molecular weight is 421 g/mol. The number of carbonyl (C=O) groups is 2. The molecule has 154 valence electrons. The van der Waals surface area contributed by atoms with Crippen molar-refractivity contribution < 1.29 is 14.3 Å². The molecule has 30 heavy (non-hydrogen) atoms. The molecule has 1 fully saturated rings. The van der Waals surface area contributed by atoms with Crippen LogP contribution < -0.4 is 10.5 Å². The minimum Gasteiger partial charge on any atom is -0.484 e. The molecule has 1 unspecified atom stereocenters. The Labute approximate surface area is 180 Å². The number of hydrogen-bond acceptors (Lipinski definition) is 4. The van der Waals surface area contributed by atoms with Crippen LogP contribution in [0.3, 0.4) is 0 Å². The molecule has 0 spiro atoms. The van der Waals surface area contributed by atoms with Gasteiger partial charge in [-0.2, -0.15) is 0 Å². The number of thiophene rings is 1. The molecule has 2 aromatic carbocycles. The Morgan fingerprint density at radius 2 is 1.80 bits per heavy atom. The van der Waals surface area contributed by atoms with Gasteiger partial charge in [-0.3, -0.25) is 9.59 Å². The normalized spacial score (nSPS) is 18.3. The molecule has 1 aliphatic heterocycles. The summed E-state index contributed by atoms with van der Waals surface area (Å²) in [6, 6.07) is 21.4. The summed E-state index contributed by atoms with van der Waals surface area (Å²) in [5, 5.41) is 2.04. The SMILES string of the molecule is NC(=O)C1(Cc2ccccc2-c2cccs2)CCN(C(=O)COc2ccccc2)C1. The van der Waals surface area contributed by atoms with E-state index >= 15 is 0 Å². The molecular formula is C24H24N2O3S. The first kappa shape index (κ1) is 20.2. The zero-order chi connectivity index (χ0) is 21.0. The Kier molecular flexibility index (Phi) is 5.86. The van der Waals surface area contributed by atoms with Crippen molar-refractivity contribution in [3.8, 4) is 16.2 Å². The summed E-state index contributed by atoms with van der Waals surface area (Å²) in [6.45, 7) is 0.768. The number of primary amides is 1. The van der Waals surface area contributed by atoms with E-state index in [9.17, 15) is 9.59 Å². The van der Waals surface area contributed by atoms with E-state index in [2.05, 4.69) is 12.1 Å². The first-order chi connectivity index (χ1) is 14.6. The van der Waals surface area contributed by atoms with Crippen LogP contribution >= 0.6 is 11.3 Å². The third-order valence-corrected chi connectivity index (χ3v) is 6.57. The zero-order valence-electron chi connectivity index (χ0n) is 16.6. The second-order valence-corrected chi connectivity index (χ2v) is 8.57. The van der Waals surface area contributed by atoms with E-state index in [4.69, 9.17) is 10.5 Å². The summed E-state index contributed by atoms with van der Waals surface area (Å²) < 4.78 is 5.59. The number of likely N-dealkylation sites (tertiary alicyclic amines) is 1. The number of benzene rings is 2. The molecule has 3 aromatic rings. The Morgan fingerprint density at radius 1 is 1.03 bits per heavy atom. The molecule has 2 amide bonds. The Balaban J connectivity index is 1.48. The number of para-hydroxylation sites is 1. The summed E-state index contributed by atoms with van der Waals surface area (Å²) in [5.41, 5.74) is 7.30. The fraction of sp³-hybridized carbons (Fsp3) is 0.250. The average Bonchev–Trinajstić information content (AvgIpc) is 3.44. The molecule has 5 nitrogen and oxygen atoms in total. The van der Waals surface area contributed by atoms with Gasteiger partial charge in [0.15, 0.2) is 6.61 Å². The van der Waals surface area contributed by atoms with E-state index in [1.165, 1.54) is 0 Å². The second kappa shape index (κ2) is 8.71. The first-order valence-electron chi connectivity index (χ1n) is 9.95. The van der Waals surface area contributed by atoms with Crippen LogP contribution in [0.2, 0.25) is 0 Å². The standard InChI is InChI=1S/C24H24N2O3S/c25-23(28)24(15-18-7-4-5-10-20(18)21-11-6-14-30-21)12-13-26(17-24)22(27)16-29-19-8-2-1-3-9-19/h1-11,14H,12-13,15-17H2,(H2,25,28). The number of hydrogen-bond donors (Lipinski definition) is 1. The maximum atomic E-state index is 12.7. The highest BCUT2D eigenvalue weighted by molar-refractivity contribution is 7.13. The fourth-order valence-corrected chi connectivity index (χ4v) is 4.77. The largest absolute Gasteiger partial charge is 0.484 e. The molecule has 1 saturated heterocycles. The van der Waals surface area contributed by atoms with Crippen LogP contribution in [-0.4, -0.2) is 36.4 Å². The van der Waals surface area contributed by atoms with Crippen molar-refractivity contribution in [2.75, 3.05) is 19.7 Å². The van der Waals surface area contributed by atoms with Crippen LogP contribution in [-0.2, 0) is 16.0 Å². The number of ether oxygens (including phenoxy) is 1. The minimum atomic E-state index is -0.768. The Morgan fingerprint density at radius 3 is 2.53 bits per heavy atom. The Hall–Kier alpha value is -3.12. The van der Waals surface area contributed by atoms with E-state index in [1.54, 1.807) is 16.2 Å². The van der Waals surface area contributed by atoms with Gasteiger partial charge in [-0.15, -0.1) is 11.3 Å². The number of nitrogens with two attached hydrogens (primary N) is 1. The van der Waals surface area contributed by atoms with Gasteiger partial charge in [0.25, 0.3) is 5.91 Å². The van der Waals surface area contributed by atoms with Crippen molar-refractivity contribution in [3.05, 3.63) is 77.7 Å². The lowest BCUT2D eigenvalue weighted by atomic mass is 9.79. The molecule has 1 aromatic heterocycles. The third-order valence-electron chi connectivity index (χ3n) is 5.67. The van der Waals surface area contributed by atoms with Gasteiger partial charge in [0, 0.05) is 18.0 Å². The smallest absolute Gasteiger partial charge is 0.260 e. The van der Waals surface area contributed by atoms with E-state index < -0.39 is 5.41 Å². The molecule has 1 atom stereocenters. The summed E-state index contributed by atoms with van der Waals surface area (Å²) in [6.07, 6.45) is 1.07. The van der Waals surface area contributed by atoms with Crippen molar-refractivity contribution in [2.45, 2.75) is 12.8 Å². The van der Waals surface area contributed by atoms with Crippen LogP contribution in [0, 0.1) is 5.41 Å². The topological polar surface area (TPSA) is 72.6 Å². The van der Waals surface area contributed by atoms with Crippen molar-refractivity contribution in [1.29, 1.82) is 0 Å². The predicted molar refractivity (Wildman–Crippen MR) is 118 cm³/mol. The molecule has 0 bridgehead atoms. The van der Waals surface area contributed by atoms with Crippen molar-refractivity contribution >= 4 is 23.2 Å². The van der Waals surface area contributed by atoms with Gasteiger partial charge in [0.05, 0.1) is 5.41 Å². The molecular weight excluding hydrogens is 396 g/mol. The molecule has 0 radical (unpaired) electrons. The first-order valence-corrected chi connectivity index (χ1v) is 10.8. The quantitative estimate of drug-likeness (QED) is 0.633. The maximum absolute atomic E-state index is 12.7. The second-order valence-electron chi connectivity index (χ2n) is 7.62. The van der Waals surface area contributed by atoms with Gasteiger partial charge >= 0.3 is 0 Å². The van der Waals surface area contributed by atoms with Crippen LogP contribution in [0.15, 0.2) is 72.1 Å². The van der Waals surface area contributed by atoms with E-state index in [0.29, 0.717) is 31.7 Å². The molecule has 6 heteroatoms. The van der Waals surface area contributed by atoms with E-state index in [1.807, 2.05) is 60.0 Å². The monoisotopic (exact) mass is 420 g/mol. The number of rotatable bonds is 7. The van der Waals surface area contributed by atoms with Crippen molar-refractivity contribution in [1.82, 2.24) is 4.90 Å². The van der Waals surface area contributed by atoms with E-state index in [-0.39, 0.29) is 18.4 Å². The molecule has 1 aliphatic rings. The Bertz CT molecular complexity index is 1020. The van der Waals surface area contributed by atoms with Crippen LogP contribution in [0.25, 0.3) is 10.4 Å². The molecule has 0 aliphatic carbocycles. The fourth-order valence-electron chi connectivity index (χ4n) is 3.98. The van der Waals surface area contributed by atoms with Crippen LogP contribution in [0.5, 0.6) is 5.75 Å². The molecule has 2 heterocycles.